The standard InChI is InChI=1S/C33H39ClN2O4/c1-21(2)40-30-19-28-23(17-29(30)39-5)18-31(37)36(32(28)22-8-12-26(34)13-9-22)27-14-10-24(11-15-27)33(3,38)25-7-6-16-35(4)20-25/h8-15,17,19,21,25,32,38H,6-7,16,18,20H2,1-5H3/t25?,32-,33+/m0/s1. The Morgan fingerprint density at radius 1 is 1.05 bits per heavy atom. The molecule has 1 unspecified atom stereocenters. The van der Waals surface area contributed by atoms with Crippen LogP contribution in [0.15, 0.2) is 60.7 Å². The molecule has 2 aliphatic heterocycles. The van der Waals surface area contributed by atoms with E-state index in [1.54, 1.807) is 7.11 Å². The number of carbonyl (C=O) groups excluding carboxylic acids is 1. The summed E-state index contributed by atoms with van der Waals surface area (Å²) in [5.74, 6) is 1.40. The first-order valence-electron chi connectivity index (χ1n) is 14.0. The van der Waals surface area contributed by atoms with Gasteiger partial charge in [-0.15, -0.1) is 0 Å². The summed E-state index contributed by atoms with van der Waals surface area (Å²) >= 11 is 6.24. The smallest absolute Gasteiger partial charge is 0.232 e. The number of piperidine rings is 1. The summed E-state index contributed by atoms with van der Waals surface area (Å²) in [6.07, 6.45) is 2.27. The summed E-state index contributed by atoms with van der Waals surface area (Å²) in [5.41, 5.74) is 3.52. The summed E-state index contributed by atoms with van der Waals surface area (Å²) in [6.45, 7) is 7.79. The minimum absolute atomic E-state index is 0.0135. The third-order valence-corrected chi connectivity index (χ3v) is 8.54. The summed E-state index contributed by atoms with van der Waals surface area (Å²) in [5, 5.41) is 12.2. The van der Waals surface area contributed by atoms with Crippen LogP contribution in [0.1, 0.15) is 61.9 Å². The molecule has 212 valence electrons. The van der Waals surface area contributed by atoms with Gasteiger partial charge in [0.05, 0.1) is 31.3 Å². The van der Waals surface area contributed by atoms with Crippen molar-refractivity contribution >= 4 is 23.2 Å². The van der Waals surface area contributed by atoms with Crippen molar-refractivity contribution in [3.05, 3.63) is 87.9 Å². The molecule has 3 atom stereocenters. The van der Waals surface area contributed by atoms with Gasteiger partial charge >= 0.3 is 0 Å². The van der Waals surface area contributed by atoms with Crippen LogP contribution in [-0.4, -0.2) is 49.3 Å². The number of amides is 1. The first-order chi connectivity index (χ1) is 19.1. The van der Waals surface area contributed by atoms with Crippen molar-refractivity contribution in [2.24, 2.45) is 5.92 Å². The van der Waals surface area contributed by atoms with Gasteiger partial charge in [0.1, 0.15) is 0 Å². The van der Waals surface area contributed by atoms with Crippen LogP contribution in [-0.2, 0) is 16.8 Å². The van der Waals surface area contributed by atoms with E-state index in [1.807, 2.05) is 86.3 Å². The van der Waals surface area contributed by atoms with E-state index >= 15 is 0 Å². The maximum absolute atomic E-state index is 13.8. The highest BCUT2D eigenvalue weighted by atomic mass is 35.5. The first-order valence-corrected chi connectivity index (χ1v) is 14.4. The number of aliphatic hydroxyl groups is 1. The molecule has 0 bridgehead atoms. The lowest BCUT2D eigenvalue weighted by Crippen LogP contribution is -2.43. The fraction of sp³-hybridized carbons (Fsp3) is 0.424. The highest BCUT2D eigenvalue weighted by Crippen LogP contribution is 2.44. The van der Waals surface area contributed by atoms with Crippen LogP contribution in [0.4, 0.5) is 5.69 Å². The van der Waals surface area contributed by atoms with Crippen LogP contribution >= 0.6 is 11.6 Å². The number of nitrogens with zero attached hydrogens (tertiary/aromatic N) is 2. The fourth-order valence-corrected chi connectivity index (χ4v) is 6.28. The number of ether oxygens (including phenoxy) is 2. The molecule has 1 saturated heterocycles. The van der Waals surface area contributed by atoms with E-state index in [0.29, 0.717) is 16.5 Å². The largest absolute Gasteiger partial charge is 0.493 e. The molecule has 0 radical (unpaired) electrons. The van der Waals surface area contributed by atoms with Crippen molar-refractivity contribution in [3.8, 4) is 11.5 Å². The summed E-state index contributed by atoms with van der Waals surface area (Å²) in [7, 11) is 3.72. The molecule has 6 nitrogen and oxygen atoms in total. The molecule has 2 heterocycles. The zero-order valence-corrected chi connectivity index (χ0v) is 24.7. The first kappa shape index (κ1) is 28.5. The number of carbonyl (C=O) groups is 1. The molecule has 0 aliphatic carbocycles. The van der Waals surface area contributed by atoms with Crippen molar-refractivity contribution in [2.45, 2.75) is 57.8 Å². The van der Waals surface area contributed by atoms with Crippen molar-refractivity contribution < 1.29 is 19.4 Å². The number of hydrogen-bond donors (Lipinski definition) is 1. The number of likely N-dealkylation sites (tertiary alicyclic amines) is 1. The molecule has 2 aliphatic rings. The second kappa shape index (κ2) is 11.4. The Kier molecular flexibility index (Phi) is 8.14. The molecule has 0 aromatic heterocycles. The van der Waals surface area contributed by atoms with Crippen LogP contribution in [0.25, 0.3) is 0 Å². The van der Waals surface area contributed by atoms with Crippen LogP contribution in [0.3, 0.4) is 0 Å². The summed E-state index contributed by atoms with van der Waals surface area (Å²) in [6, 6.07) is 19.0. The van der Waals surface area contributed by atoms with Gasteiger partial charge in [-0.25, -0.2) is 0 Å². The number of halogens is 1. The van der Waals surface area contributed by atoms with Gasteiger partial charge in [0, 0.05) is 23.2 Å². The van der Waals surface area contributed by atoms with Gasteiger partial charge in [0.25, 0.3) is 0 Å². The number of fused-ring (bicyclic) bond motifs is 1. The summed E-state index contributed by atoms with van der Waals surface area (Å²) < 4.78 is 11.7. The quantitative estimate of drug-likeness (QED) is 0.363. The highest BCUT2D eigenvalue weighted by Gasteiger charge is 2.38. The van der Waals surface area contributed by atoms with Gasteiger partial charge < -0.3 is 24.4 Å². The van der Waals surface area contributed by atoms with E-state index in [0.717, 1.165) is 53.9 Å². The Hall–Kier alpha value is -3.06. The average Bonchev–Trinajstić information content (AvgIpc) is 2.92. The minimum atomic E-state index is -0.957. The van der Waals surface area contributed by atoms with Crippen LogP contribution in [0, 0.1) is 5.92 Å². The molecule has 0 saturated carbocycles. The SMILES string of the molecule is COc1cc2c(cc1OC(C)C)[C@H](c1ccc(Cl)cc1)N(c1ccc([C@@](C)(O)C3CCCN(C)C3)cc1)C(=O)C2. The Morgan fingerprint density at radius 2 is 1.75 bits per heavy atom. The van der Waals surface area contributed by atoms with E-state index < -0.39 is 5.60 Å². The van der Waals surface area contributed by atoms with Gasteiger partial charge in [-0.1, -0.05) is 35.9 Å². The van der Waals surface area contributed by atoms with Gasteiger partial charge in [0.2, 0.25) is 5.91 Å². The predicted molar refractivity (Wildman–Crippen MR) is 159 cm³/mol. The maximum atomic E-state index is 13.8. The number of anilines is 1. The van der Waals surface area contributed by atoms with E-state index in [4.69, 9.17) is 21.1 Å². The van der Waals surface area contributed by atoms with Crippen molar-refractivity contribution in [3.63, 3.8) is 0 Å². The van der Waals surface area contributed by atoms with Gasteiger partial charge in [-0.2, -0.15) is 0 Å². The Labute approximate surface area is 242 Å². The highest BCUT2D eigenvalue weighted by molar-refractivity contribution is 6.30. The second-order valence-electron chi connectivity index (χ2n) is 11.6. The third-order valence-electron chi connectivity index (χ3n) is 8.29. The van der Waals surface area contributed by atoms with E-state index in [-0.39, 0.29) is 30.4 Å². The lowest BCUT2D eigenvalue weighted by atomic mass is 9.78. The van der Waals surface area contributed by atoms with E-state index in [9.17, 15) is 9.90 Å². The van der Waals surface area contributed by atoms with Crippen LogP contribution in [0.2, 0.25) is 5.02 Å². The number of benzene rings is 3. The lowest BCUT2D eigenvalue weighted by Gasteiger charge is -2.40. The molecule has 0 spiro atoms. The van der Waals surface area contributed by atoms with Crippen LogP contribution in [0.5, 0.6) is 11.5 Å². The number of hydrogen-bond acceptors (Lipinski definition) is 5. The topological polar surface area (TPSA) is 62.2 Å². The Morgan fingerprint density at radius 3 is 2.38 bits per heavy atom. The monoisotopic (exact) mass is 562 g/mol. The fourth-order valence-electron chi connectivity index (χ4n) is 6.15. The molecular formula is C33H39ClN2O4. The van der Waals surface area contributed by atoms with E-state index in [2.05, 4.69) is 11.9 Å². The van der Waals surface area contributed by atoms with Crippen molar-refractivity contribution in [2.75, 3.05) is 32.1 Å². The van der Waals surface area contributed by atoms with Gasteiger partial charge in [-0.05, 0) is 106 Å². The number of methoxy groups -OCH3 is 1. The molecular weight excluding hydrogens is 524 g/mol. The zero-order valence-electron chi connectivity index (χ0n) is 24.0. The summed E-state index contributed by atoms with van der Waals surface area (Å²) in [4.78, 5) is 17.9. The predicted octanol–water partition coefficient (Wildman–Crippen LogP) is 6.36. The molecule has 3 aromatic rings. The molecule has 1 amide bonds. The van der Waals surface area contributed by atoms with Gasteiger partial charge in [-0.3, -0.25) is 4.79 Å². The Balaban J connectivity index is 1.57. The molecule has 3 aromatic carbocycles. The van der Waals surface area contributed by atoms with Crippen LogP contribution < -0.4 is 14.4 Å². The molecule has 1 N–H and O–H groups in total. The maximum Gasteiger partial charge on any atom is 0.232 e. The second-order valence-corrected chi connectivity index (χ2v) is 12.0. The molecule has 5 rings (SSSR count). The van der Waals surface area contributed by atoms with E-state index in [1.165, 1.54) is 0 Å². The lowest BCUT2D eigenvalue weighted by molar-refractivity contribution is -0.118. The minimum Gasteiger partial charge on any atom is -0.493 e. The van der Waals surface area contributed by atoms with Crippen molar-refractivity contribution in [1.29, 1.82) is 0 Å². The normalized spacial score (nSPS) is 21.2. The molecule has 7 heteroatoms. The number of rotatable bonds is 7. The third kappa shape index (κ3) is 5.58. The van der Waals surface area contributed by atoms with Crippen molar-refractivity contribution in [1.82, 2.24) is 4.90 Å². The Bertz CT molecular complexity index is 1350. The average molecular weight is 563 g/mol. The molecule has 1 fully saturated rings. The molecule has 40 heavy (non-hydrogen) atoms. The zero-order chi connectivity index (χ0) is 28.6. The van der Waals surface area contributed by atoms with Gasteiger partial charge in [0.15, 0.2) is 11.5 Å².